The quantitative estimate of drug-likeness (QED) is 0.901. The van der Waals surface area contributed by atoms with Crippen LogP contribution in [0.5, 0.6) is 0 Å². The van der Waals surface area contributed by atoms with Gasteiger partial charge < -0.3 is 10.2 Å². The fourth-order valence-corrected chi connectivity index (χ4v) is 2.04. The summed E-state index contributed by atoms with van der Waals surface area (Å²) in [5, 5.41) is 2.80. The fraction of sp³-hybridized carbons (Fsp3) is 0.125. The number of rotatable bonds is 2. The third-order valence-electron chi connectivity index (χ3n) is 1.54. The predicted molar refractivity (Wildman–Crippen MR) is 55.4 cm³/mol. The Labute approximate surface area is 87.7 Å². The molecule has 0 aliphatic heterocycles. The normalized spacial score (nSPS) is 10.6. The molecule has 0 unspecified atom stereocenters. The van der Waals surface area contributed by atoms with E-state index in [1.807, 2.05) is 17.5 Å². The van der Waals surface area contributed by atoms with Gasteiger partial charge >= 0.3 is 0 Å². The van der Waals surface area contributed by atoms with Crippen molar-refractivity contribution in [2.75, 3.05) is 0 Å². The highest BCUT2D eigenvalue weighted by atomic mass is 79.9. The molecule has 0 atom stereocenters. The van der Waals surface area contributed by atoms with E-state index in [4.69, 9.17) is 10.2 Å². The molecule has 0 aliphatic carbocycles. The topological polar surface area (TPSA) is 52.0 Å². The third kappa shape index (κ3) is 1.82. The van der Waals surface area contributed by atoms with E-state index < -0.39 is 0 Å². The fourth-order valence-electron chi connectivity index (χ4n) is 0.943. The van der Waals surface area contributed by atoms with Crippen LogP contribution in [0.4, 0.5) is 0 Å². The lowest BCUT2D eigenvalue weighted by atomic mass is 10.4. The molecule has 5 heteroatoms. The van der Waals surface area contributed by atoms with E-state index in [1.165, 1.54) is 11.3 Å². The number of halogens is 1. The van der Waals surface area contributed by atoms with Crippen LogP contribution < -0.4 is 5.73 Å². The smallest absolute Gasteiger partial charge is 0.170 e. The monoisotopic (exact) mass is 258 g/mol. The summed E-state index contributed by atoms with van der Waals surface area (Å²) < 4.78 is 6.07. The summed E-state index contributed by atoms with van der Waals surface area (Å²) in [7, 11) is 0. The van der Waals surface area contributed by atoms with Crippen molar-refractivity contribution in [2.24, 2.45) is 5.73 Å². The number of hydrogen-bond donors (Lipinski definition) is 1. The van der Waals surface area contributed by atoms with Gasteiger partial charge in [-0.1, -0.05) is 0 Å². The van der Waals surface area contributed by atoms with Gasteiger partial charge in [0.2, 0.25) is 0 Å². The molecule has 0 spiro atoms. The molecule has 0 amide bonds. The minimum absolute atomic E-state index is 0.471. The van der Waals surface area contributed by atoms with Gasteiger partial charge in [-0.05, 0) is 28.1 Å². The maximum absolute atomic E-state index is 5.45. The van der Waals surface area contributed by atoms with Crippen molar-refractivity contribution in [1.29, 1.82) is 0 Å². The Kier molecular flexibility index (Phi) is 2.48. The maximum atomic E-state index is 5.45. The first-order valence-electron chi connectivity index (χ1n) is 3.70. The molecule has 2 heterocycles. The zero-order valence-corrected chi connectivity index (χ0v) is 9.06. The Morgan fingerprint density at radius 3 is 2.92 bits per heavy atom. The van der Waals surface area contributed by atoms with E-state index in [2.05, 4.69) is 20.9 Å². The van der Waals surface area contributed by atoms with Gasteiger partial charge in [0, 0.05) is 11.9 Å². The molecule has 0 saturated heterocycles. The second-order valence-electron chi connectivity index (χ2n) is 2.45. The Morgan fingerprint density at radius 1 is 1.54 bits per heavy atom. The molecule has 2 aromatic heterocycles. The van der Waals surface area contributed by atoms with E-state index in [9.17, 15) is 0 Å². The van der Waals surface area contributed by atoms with Gasteiger partial charge in [0.1, 0.15) is 0 Å². The average molecular weight is 259 g/mol. The molecular weight excluding hydrogens is 252 g/mol. The molecule has 3 nitrogen and oxygen atoms in total. The highest BCUT2D eigenvalue weighted by Gasteiger charge is 2.07. The predicted octanol–water partition coefficient (Wildman–Crippen LogP) is 2.62. The first-order chi connectivity index (χ1) is 6.29. The van der Waals surface area contributed by atoms with Crippen molar-refractivity contribution in [3.63, 3.8) is 0 Å². The van der Waals surface area contributed by atoms with Crippen molar-refractivity contribution < 1.29 is 4.42 Å². The summed E-state index contributed by atoms with van der Waals surface area (Å²) in [5.74, 6) is 0.775. The molecule has 0 radical (unpaired) electrons. The lowest BCUT2D eigenvalue weighted by Gasteiger charge is -1.87. The van der Waals surface area contributed by atoms with Crippen molar-refractivity contribution >= 4 is 27.3 Å². The van der Waals surface area contributed by atoms with Gasteiger partial charge in [0.05, 0.1) is 5.69 Å². The molecule has 2 N–H and O–H groups in total. The van der Waals surface area contributed by atoms with E-state index >= 15 is 0 Å². The number of aromatic nitrogens is 1. The molecule has 0 aromatic carbocycles. The van der Waals surface area contributed by atoms with Crippen molar-refractivity contribution in [3.05, 3.63) is 27.9 Å². The summed E-state index contributed by atoms with van der Waals surface area (Å²) in [6.45, 7) is 0.471. The Hall–Kier alpha value is -0.650. The molecule has 2 rings (SSSR count). The molecule has 0 aliphatic rings. The SMILES string of the molecule is NCc1csc(-c2ccc(Br)o2)n1. The zero-order valence-electron chi connectivity index (χ0n) is 6.66. The van der Waals surface area contributed by atoms with E-state index in [-0.39, 0.29) is 0 Å². The summed E-state index contributed by atoms with van der Waals surface area (Å²) in [6, 6.07) is 3.72. The molecule has 2 aromatic rings. The highest BCUT2D eigenvalue weighted by molar-refractivity contribution is 9.10. The van der Waals surface area contributed by atoms with Gasteiger partial charge in [-0.15, -0.1) is 11.3 Å². The van der Waals surface area contributed by atoms with Gasteiger partial charge in [0.25, 0.3) is 0 Å². The first kappa shape index (κ1) is 8.93. The van der Waals surface area contributed by atoms with Crippen LogP contribution in [-0.2, 0) is 6.54 Å². The lowest BCUT2D eigenvalue weighted by molar-refractivity contribution is 0.555. The van der Waals surface area contributed by atoms with Crippen LogP contribution in [0, 0.1) is 0 Å². The second kappa shape index (κ2) is 3.61. The lowest BCUT2D eigenvalue weighted by Crippen LogP contribution is -1.95. The van der Waals surface area contributed by atoms with Crippen LogP contribution in [0.25, 0.3) is 10.8 Å². The summed E-state index contributed by atoms with van der Waals surface area (Å²) in [4.78, 5) is 4.29. The zero-order chi connectivity index (χ0) is 9.26. The highest BCUT2D eigenvalue weighted by Crippen LogP contribution is 2.27. The molecule has 0 bridgehead atoms. The van der Waals surface area contributed by atoms with E-state index in [1.54, 1.807) is 0 Å². The number of thiazole rings is 1. The maximum Gasteiger partial charge on any atom is 0.170 e. The van der Waals surface area contributed by atoms with Crippen LogP contribution in [0.2, 0.25) is 0 Å². The number of nitrogens with zero attached hydrogens (tertiary/aromatic N) is 1. The standard InChI is InChI=1S/C8H7BrN2OS/c9-7-2-1-6(12-7)8-11-5(3-10)4-13-8/h1-2,4H,3,10H2. The first-order valence-corrected chi connectivity index (χ1v) is 5.37. The molecule has 13 heavy (non-hydrogen) atoms. The van der Waals surface area contributed by atoms with Gasteiger partial charge in [-0.3, -0.25) is 0 Å². The van der Waals surface area contributed by atoms with Crippen molar-refractivity contribution in [1.82, 2.24) is 4.98 Å². The second-order valence-corrected chi connectivity index (χ2v) is 4.09. The van der Waals surface area contributed by atoms with Crippen LogP contribution in [0.1, 0.15) is 5.69 Å². The summed E-state index contributed by atoms with van der Waals surface area (Å²) in [5.41, 5.74) is 6.35. The minimum Gasteiger partial charge on any atom is -0.447 e. The van der Waals surface area contributed by atoms with E-state index in [0.29, 0.717) is 11.2 Å². The Bertz CT molecular complexity index is 410. The van der Waals surface area contributed by atoms with Crippen LogP contribution in [0.15, 0.2) is 26.6 Å². The van der Waals surface area contributed by atoms with Gasteiger partial charge in [0.15, 0.2) is 15.4 Å². The number of nitrogens with two attached hydrogens (primary N) is 1. The van der Waals surface area contributed by atoms with Crippen LogP contribution >= 0.6 is 27.3 Å². The third-order valence-corrected chi connectivity index (χ3v) is 2.88. The largest absolute Gasteiger partial charge is 0.447 e. The average Bonchev–Trinajstić information content (AvgIpc) is 2.71. The van der Waals surface area contributed by atoms with E-state index in [0.717, 1.165) is 16.5 Å². The Balaban J connectivity index is 2.35. The molecule has 0 fully saturated rings. The van der Waals surface area contributed by atoms with Gasteiger partial charge in [-0.25, -0.2) is 4.98 Å². The molecule has 68 valence electrons. The summed E-state index contributed by atoms with van der Waals surface area (Å²) >= 11 is 4.77. The van der Waals surface area contributed by atoms with Crippen LogP contribution in [-0.4, -0.2) is 4.98 Å². The number of hydrogen-bond acceptors (Lipinski definition) is 4. The van der Waals surface area contributed by atoms with Crippen molar-refractivity contribution in [2.45, 2.75) is 6.54 Å². The molecule has 0 saturated carbocycles. The summed E-state index contributed by atoms with van der Waals surface area (Å²) in [6.07, 6.45) is 0. The van der Waals surface area contributed by atoms with Crippen LogP contribution in [0.3, 0.4) is 0 Å². The van der Waals surface area contributed by atoms with Crippen molar-refractivity contribution in [3.8, 4) is 10.8 Å². The Morgan fingerprint density at radius 2 is 2.38 bits per heavy atom. The van der Waals surface area contributed by atoms with Gasteiger partial charge in [-0.2, -0.15) is 0 Å². The number of furan rings is 1. The minimum atomic E-state index is 0.471. The molecular formula is C8H7BrN2OS.